The zero-order chi connectivity index (χ0) is 11.4. The Hall–Kier alpha value is -0.520. The molecule has 2 nitrogen and oxygen atoms in total. The van der Waals surface area contributed by atoms with Crippen LogP contribution in [-0.4, -0.2) is 19.1 Å². The Morgan fingerprint density at radius 1 is 1.47 bits per heavy atom. The summed E-state index contributed by atoms with van der Waals surface area (Å²) in [5.41, 5.74) is 5.70. The van der Waals surface area contributed by atoms with Gasteiger partial charge in [-0.1, -0.05) is 0 Å². The monoisotopic (exact) mass is 235 g/mol. The maximum absolute atomic E-state index is 12.0. The third kappa shape index (κ3) is 3.85. The topological polar surface area (TPSA) is 35.2 Å². The van der Waals surface area contributed by atoms with Gasteiger partial charge in [-0.2, -0.15) is 0 Å². The van der Waals surface area contributed by atoms with Gasteiger partial charge < -0.3 is 10.5 Å². The van der Waals surface area contributed by atoms with Crippen LogP contribution in [0.25, 0.3) is 0 Å². The molecular weight excluding hydrogens is 220 g/mol. The first kappa shape index (κ1) is 12.5. The van der Waals surface area contributed by atoms with E-state index in [4.69, 9.17) is 10.5 Å². The van der Waals surface area contributed by atoms with Crippen LogP contribution in [0, 0.1) is 6.92 Å². The molecule has 86 valence electrons. The highest BCUT2D eigenvalue weighted by atomic mass is 32.1. The van der Waals surface area contributed by atoms with E-state index in [2.05, 4.69) is 0 Å². The van der Waals surface area contributed by atoms with Crippen molar-refractivity contribution >= 4 is 11.3 Å². The van der Waals surface area contributed by atoms with Crippen molar-refractivity contribution in [2.75, 3.05) is 6.61 Å². The van der Waals surface area contributed by atoms with Gasteiger partial charge in [-0.3, -0.25) is 0 Å². The predicted octanol–water partition coefficient (Wildman–Crippen LogP) is 2.73. The molecule has 1 rings (SSSR count). The van der Waals surface area contributed by atoms with Crippen LogP contribution in [0.3, 0.4) is 0 Å². The fraction of sp³-hybridized carbons (Fsp3) is 0.600. The number of ether oxygens (including phenoxy) is 1. The number of rotatable bonds is 5. The Bertz CT molecular complexity index is 301. The molecule has 0 fully saturated rings. The summed E-state index contributed by atoms with van der Waals surface area (Å²) in [5.74, 6) is 0. The molecule has 0 bridgehead atoms. The Labute approximate surface area is 92.0 Å². The van der Waals surface area contributed by atoms with Crippen molar-refractivity contribution < 1.29 is 13.5 Å². The van der Waals surface area contributed by atoms with Crippen molar-refractivity contribution in [3.8, 4) is 0 Å². The molecule has 1 heterocycles. The molecule has 2 unspecified atom stereocenters. The first-order chi connectivity index (χ1) is 7.00. The quantitative estimate of drug-likeness (QED) is 0.851. The second-order valence-corrected chi connectivity index (χ2v) is 4.77. The minimum Gasteiger partial charge on any atom is -0.365 e. The van der Waals surface area contributed by atoms with Crippen LogP contribution in [0.5, 0.6) is 0 Å². The maximum Gasteiger partial charge on any atom is 0.261 e. The van der Waals surface area contributed by atoms with Gasteiger partial charge in [0.2, 0.25) is 0 Å². The van der Waals surface area contributed by atoms with E-state index in [1.54, 1.807) is 6.92 Å². The van der Waals surface area contributed by atoms with Crippen LogP contribution in [-0.2, 0) is 4.74 Å². The zero-order valence-corrected chi connectivity index (χ0v) is 9.56. The Kier molecular flexibility index (Phi) is 4.63. The highest BCUT2D eigenvalue weighted by Gasteiger charge is 2.20. The lowest BCUT2D eigenvalue weighted by atomic mass is 10.1. The van der Waals surface area contributed by atoms with E-state index in [0.29, 0.717) is 0 Å². The minimum atomic E-state index is -2.45. The van der Waals surface area contributed by atoms with E-state index in [1.807, 2.05) is 19.1 Å². The molecule has 0 aliphatic rings. The maximum atomic E-state index is 12.0. The number of alkyl halides is 2. The predicted molar refractivity (Wildman–Crippen MR) is 57.4 cm³/mol. The Balaban J connectivity index is 2.66. The van der Waals surface area contributed by atoms with Gasteiger partial charge in [0.1, 0.15) is 12.7 Å². The van der Waals surface area contributed by atoms with Crippen molar-refractivity contribution in [3.63, 3.8) is 0 Å². The van der Waals surface area contributed by atoms with Crippen LogP contribution in [0.2, 0.25) is 0 Å². The normalized spacial score (nSPS) is 15.6. The number of hydrogen-bond acceptors (Lipinski definition) is 3. The summed E-state index contributed by atoms with van der Waals surface area (Å²) < 4.78 is 29.1. The third-order valence-electron chi connectivity index (χ3n) is 1.92. The number of aryl methyl sites for hydroxylation is 1. The summed E-state index contributed by atoms with van der Waals surface area (Å²) in [6.45, 7) is 3.15. The smallest absolute Gasteiger partial charge is 0.261 e. The number of hydrogen-bond donors (Lipinski definition) is 1. The van der Waals surface area contributed by atoms with Gasteiger partial charge in [0.05, 0.1) is 0 Å². The summed E-state index contributed by atoms with van der Waals surface area (Å²) in [7, 11) is 0. The molecule has 0 spiro atoms. The van der Waals surface area contributed by atoms with E-state index in [0.717, 1.165) is 9.75 Å². The van der Waals surface area contributed by atoms with Crippen LogP contribution in [0.1, 0.15) is 22.8 Å². The van der Waals surface area contributed by atoms with E-state index in [-0.39, 0.29) is 6.04 Å². The molecule has 15 heavy (non-hydrogen) atoms. The van der Waals surface area contributed by atoms with Crippen molar-refractivity contribution in [2.45, 2.75) is 32.4 Å². The molecule has 0 saturated carbocycles. The van der Waals surface area contributed by atoms with E-state index < -0.39 is 19.1 Å². The summed E-state index contributed by atoms with van der Waals surface area (Å²) in [5, 5.41) is 0. The van der Waals surface area contributed by atoms with Gasteiger partial charge in [-0.15, -0.1) is 11.3 Å². The molecule has 0 saturated heterocycles. The summed E-state index contributed by atoms with van der Waals surface area (Å²) in [4.78, 5) is 2.03. The molecule has 1 aromatic rings. The van der Waals surface area contributed by atoms with Crippen molar-refractivity contribution in [2.24, 2.45) is 5.73 Å². The van der Waals surface area contributed by atoms with Crippen LogP contribution in [0.4, 0.5) is 8.78 Å². The van der Waals surface area contributed by atoms with Crippen molar-refractivity contribution in [3.05, 3.63) is 21.9 Å². The largest absolute Gasteiger partial charge is 0.365 e. The molecule has 1 aromatic heterocycles. The fourth-order valence-corrected chi connectivity index (χ4v) is 2.32. The van der Waals surface area contributed by atoms with Crippen LogP contribution < -0.4 is 5.73 Å². The highest BCUT2D eigenvalue weighted by Crippen LogP contribution is 2.27. The average Bonchev–Trinajstić information content (AvgIpc) is 2.51. The van der Waals surface area contributed by atoms with Crippen molar-refractivity contribution in [1.29, 1.82) is 0 Å². The molecule has 0 aliphatic carbocycles. The molecular formula is C10H15F2NOS. The van der Waals surface area contributed by atoms with Crippen LogP contribution >= 0.6 is 11.3 Å². The molecule has 2 atom stereocenters. The second kappa shape index (κ2) is 5.53. The van der Waals surface area contributed by atoms with Gasteiger partial charge in [0, 0.05) is 15.8 Å². The van der Waals surface area contributed by atoms with Crippen LogP contribution in [0.15, 0.2) is 12.1 Å². The summed E-state index contributed by atoms with van der Waals surface area (Å²) in [6.07, 6.45) is -2.88. The van der Waals surface area contributed by atoms with Gasteiger partial charge >= 0.3 is 0 Å². The Morgan fingerprint density at radius 2 is 2.13 bits per heavy atom. The third-order valence-corrected chi connectivity index (χ3v) is 2.98. The lowest BCUT2D eigenvalue weighted by molar-refractivity contribution is -0.0312. The van der Waals surface area contributed by atoms with Crippen molar-refractivity contribution in [1.82, 2.24) is 0 Å². The first-order valence-electron chi connectivity index (χ1n) is 4.72. The Morgan fingerprint density at radius 3 is 2.53 bits per heavy atom. The van der Waals surface area contributed by atoms with E-state index in [1.165, 1.54) is 11.3 Å². The van der Waals surface area contributed by atoms with Gasteiger partial charge in [0.15, 0.2) is 0 Å². The average molecular weight is 235 g/mol. The molecule has 0 aliphatic heterocycles. The standard InChI is InChI=1S/C10H15F2NOS/c1-6-3-4-8(15-6)10(7(2)13)14-5-9(11)12/h3-4,7,9-10H,5,13H2,1-2H3. The first-order valence-corrected chi connectivity index (χ1v) is 5.54. The molecule has 2 N–H and O–H groups in total. The second-order valence-electron chi connectivity index (χ2n) is 3.45. The summed E-state index contributed by atoms with van der Waals surface area (Å²) in [6, 6.07) is 3.52. The van der Waals surface area contributed by atoms with Gasteiger partial charge in [0.25, 0.3) is 6.43 Å². The highest BCUT2D eigenvalue weighted by molar-refractivity contribution is 7.12. The molecule has 0 amide bonds. The fourth-order valence-electron chi connectivity index (χ4n) is 1.28. The summed E-state index contributed by atoms with van der Waals surface area (Å²) >= 11 is 1.53. The zero-order valence-electron chi connectivity index (χ0n) is 8.74. The lowest BCUT2D eigenvalue weighted by Gasteiger charge is -2.19. The van der Waals surface area contributed by atoms with E-state index >= 15 is 0 Å². The lowest BCUT2D eigenvalue weighted by Crippen LogP contribution is -2.27. The minimum absolute atomic E-state index is 0.290. The molecule has 5 heteroatoms. The van der Waals surface area contributed by atoms with E-state index in [9.17, 15) is 8.78 Å². The number of nitrogens with two attached hydrogens (primary N) is 1. The number of thiophene rings is 1. The van der Waals surface area contributed by atoms with Gasteiger partial charge in [-0.25, -0.2) is 8.78 Å². The number of halogens is 2. The molecule has 0 aromatic carbocycles. The SMILES string of the molecule is Cc1ccc(C(OCC(F)F)C(C)N)s1. The molecule has 0 radical (unpaired) electrons. The van der Waals surface area contributed by atoms with Gasteiger partial charge in [-0.05, 0) is 26.0 Å².